The molecule has 0 heterocycles. The maximum atomic E-state index is 8.74. The second-order valence-corrected chi connectivity index (χ2v) is 4.72. The Morgan fingerprint density at radius 3 is 2.33 bits per heavy atom. The first-order valence-corrected chi connectivity index (χ1v) is 6.99. The van der Waals surface area contributed by atoms with Gasteiger partial charge in [0.1, 0.15) is 12.4 Å². The number of benzene rings is 1. The summed E-state index contributed by atoms with van der Waals surface area (Å²) in [6, 6.07) is 5.90. The summed E-state index contributed by atoms with van der Waals surface area (Å²) in [5.74, 6) is 0.738. The lowest BCUT2D eigenvalue weighted by molar-refractivity contribution is 0.379. The van der Waals surface area contributed by atoms with E-state index in [0.717, 1.165) is 5.75 Å². The SMILES string of the molecule is Cc1ccc(OC/C=N\N=C(N)N)cc1C.O=S(=O)(O)O. The zero-order valence-electron chi connectivity index (χ0n) is 11.6. The van der Waals surface area contributed by atoms with Crippen LogP contribution in [-0.4, -0.2) is 36.3 Å². The zero-order valence-corrected chi connectivity index (χ0v) is 12.4. The Morgan fingerprint density at radius 1 is 1.29 bits per heavy atom. The molecule has 0 amide bonds. The van der Waals surface area contributed by atoms with E-state index in [1.807, 2.05) is 25.1 Å². The van der Waals surface area contributed by atoms with Gasteiger partial charge in [0.15, 0.2) is 0 Å². The van der Waals surface area contributed by atoms with Crippen LogP contribution < -0.4 is 16.2 Å². The molecule has 0 spiro atoms. The molecule has 21 heavy (non-hydrogen) atoms. The van der Waals surface area contributed by atoms with Crippen LogP contribution in [0.2, 0.25) is 0 Å². The average Bonchev–Trinajstić information content (AvgIpc) is 2.30. The molecule has 0 bridgehead atoms. The van der Waals surface area contributed by atoms with Crippen molar-refractivity contribution in [2.24, 2.45) is 21.7 Å². The quantitative estimate of drug-likeness (QED) is 0.268. The molecule has 118 valence electrons. The number of guanidine groups is 1. The number of hydrogen-bond donors (Lipinski definition) is 4. The van der Waals surface area contributed by atoms with Gasteiger partial charge in [0, 0.05) is 0 Å². The number of nitrogens with two attached hydrogens (primary N) is 2. The molecule has 0 aromatic heterocycles. The number of ether oxygens (including phenoxy) is 1. The number of nitrogens with zero attached hydrogens (tertiary/aromatic N) is 2. The fourth-order valence-corrected chi connectivity index (χ4v) is 1.08. The van der Waals surface area contributed by atoms with Crippen LogP contribution in [0, 0.1) is 13.8 Å². The van der Waals surface area contributed by atoms with E-state index in [2.05, 4.69) is 17.1 Å². The first-order chi connectivity index (χ1) is 9.59. The Kier molecular flexibility index (Phi) is 7.97. The van der Waals surface area contributed by atoms with Crippen molar-refractivity contribution in [3.05, 3.63) is 29.3 Å². The largest absolute Gasteiger partial charge is 0.488 e. The van der Waals surface area contributed by atoms with Gasteiger partial charge in [-0.15, -0.1) is 5.10 Å². The topological polar surface area (TPSA) is 161 Å². The predicted octanol–water partition coefficient (Wildman–Crippen LogP) is 0.289. The lowest BCUT2D eigenvalue weighted by Gasteiger charge is -2.05. The maximum absolute atomic E-state index is 8.74. The molecule has 0 aliphatic carbocycles. The smallest absolute Gasteiger partial charge is 0.394 e. The van der Waals surface area contributed by atoms with Crippen LogP contribution in [0.5, 0.6) is 5.75 Å². The van der Waals surface area contributed by atoms with Crippen LogP contribution in [0.4, 0.5) is 0 Å². The van der Waals surface area contributed by atoms with Gasteiger partial charge >= 0.3 is 10.4 Å². The third-order valence-electron chi connectivity index (χ3n) is 2.06. The van der Waals surface area contributed by atoms with Crippen molar-refractivity contribution in [2.45, 2.75) is 13.8 Å². The number of rotatable bonds is 4. The first-order valence-electron chi connectivity index (χ1n) is 5.60. The highest BCUT2D eigenvalue weighted by atomic mass is 32.3. The van der Waals surface area contributed by atoms with Crippen LogP contribution in [0.1, 0.15) is 11.1 Å². The van der Waals surface area contributed by atoms with Crippen LogP contribution >= 0.6 is 0 Å². The van der Waals surface area contributed by atoms with Crippen LogP contribution in [0.25, 0.3) is 0 Å². The van der Waals surface area contributed by atoms with Gasteiger partial charge in [-0.05, 0) is 37.1 Å². The van der Waals surface area contributed by atoms with Crippen molar-refractivity contribution < 1.29 is 22.3 Å². The highest BCUT2D eigenvalue weighted by Gasteiger charge is 1.95. The highest BCUT2D eigenvalue weighted by Crippen LogP contribution is 2.15. The van der Waals surface area contributed by atoms with E-state index in [1.54, 1.807) is 0 Å². The van der Waals surface area contributed by atoms with Crippen LogP contribution in [-0.2, 0) is 10.4 Å². The van der Waals surface area contributed by atoms with Gasteiger partial charge in [-0.2, -0.15) is 13.5 Å². The van der Waals surface area contributed by atoms with Crippen LogP contribution in [0.15, 0.2) is 28.4 Å². The van der Waals surface area contributed by atoms with E-state index in [0.29, 0.717) is 6.61 Å². The van der Waals surface area contributed by atoms with E-state index in [-0.39, 0.29) is 5.96 Å². The van der Waals surface area contributed by atoms with Gasteiger partial charge < -0.3 is 16.2 Å². The highest BCUT2D eigenvalue weighted by molar-refractivity contribution is 7.79. The van der Waals surface area contributed by atoms with E-state index < -0.39 is 10.4 Å². The number of hydrogen-bond acceptors (Lipinski definition) is 5. The maximum Gasteiger partial charge on any atom is 0.394 e. The Hall–Kier alpha value is -2.17. The summed E-state index contributed by atoms with van der Waals surface area (Å²) in [5.41, 5.74) is 12.6. The minimum absolute atomic E-state index is 0.0672. The predicted molar refractivity (Wildman–Crippen MR) is 79.9 cm³/mol. The molecule has 0 radical (unpaired) electrons. The number of aryl methyl sites for hydroxylation is 2. The molecule has 0 saturated carbocycles. The van der Waals surface area contributed by atoms with Crippen LogP contribution in [0.3, 0.4) is 0 Å². The lowest BCUT2D eigenvalue weighted by Crippen LogP contribution is -2.21. The van der Waals surface area contributed by atoms with Gasteiger partial charge in [0.05, 0.1) is 6.21 Å². The third-order valence-corrected chi connectivity index (χ3v) is 2.06. The molecule has 0 fully saturated rings. The molecule has 0 aliphatic heterocycles. The van der Waals surface area contributed by atoms with Crippen molar-refractivity contribution >= 4 is 22.6 Å². The molecule has 0 atom stereocenters. The van der Waals surface area contributed by atoms with Gasteiger partial charge in [-0.3, -0.25) is 9.11 Å². The summed E-state index contributed by atoms with van der Waals surface area (Å²) < 4.78 is 37.0. The molecule has 9 nitrogen and oxygen atoms in total. The molecule has 0 unspecified atom stereocenters. The Bertz CT molecular complexity index is 601. The Labute approximate surface area is 122 Å². The summed E-state index contributed by atoms with van der Waals surface area (Å²) in [6.07, 6.45) is 1.49. The lowest BCUT2D eigenvalue weighted by atomic mass is 10.1. The van der Waals surface area contributed by atoms with E-state index in [4.69, 9.17) is 33.7 Å². The molecular weight excluding hydrogens is 300 g/mol. The van der Waals surface area contributed by atoms with E-state index in [1.165, 1.54) is 17.3 Å². The summed E-state index contributed by atoms with van der Waals surface area (Å²) >= 11 is 0. The van der Waals surface area contributed by atoms with Crippen molar-refractivity contribution in [1.82, 2.24) is 0 Å². The molecular formula is C11H18N4O5S. The molecule has 6 N–H and O–H groups in total. The second kappa shape index (κ2) is 8.89. The second-order valence-electron chi connectivity index (χ2n) is 3.83. The molecule has 1 aromatic carbocycles. The van der Waals surface area contributed by atoms with Crippen molar-refractivity contribution in [3.63, 3.8) is 0 Å². The standard InChI is InChI=1S/C11H16N4O.H2O4S/c1-8-3-4-10(7-9(8)2)16-6-5-14-15-11(12)13;1-5(2,3)4/h3-5,7H,6H2,1-2H3,(H4,12,13,15);(H2,1,2,3,4)/b14-5-;. The minimum atomic E-state index is -4.67. The summed E-state index contributed by atoms with van der Waals surface area (Å²) in [7, 11) is -4.67. The average molecular weight is 318 g/mol. The fraction of sp³-hybridized carbons (Fsp3) is 0.273. The van der Waals surface area contributed by atoms with Gasteiger partial charge in [0.25, 0.3) is 0 Å². The first kappa shape index (κ1) is 18.8. The Balaban J connectivity index is 0.000000690. The molecule has 10 heteroatoms. The normalized spacial score (nSPS) is 10.7. The van der Waals surface area contributed by atoms with Crippen molar-refractivity contribution in [3.8, 4) is 5.75 Å². The molecule has 1 aromatic rings. The van der Waals surface area contributed by atoms with E-state index in [9.17, 15) is 0 Å². The van der Waals surface area contributed by atoms with E-state index >= 15 is 0 Å². The summed E-state index contributed by atoms with van der Waals surface area (Å²) in [5, 5.41) is 7.06. The summed E-state index contributed by atoms with van der Waals surface area (Å²) in [4.78, 5) is 0. The molecule has 0 aliphatic rings. The minimum Gasteiger partial charge on any atom is -0.488 e. The fourth-order valence-electron chi connectivity index (χ4n) is 1.08. The van der Waals surface area contributed by atoms with Crippen molar-refractivity contribution in [2.75, 3.05) is 6.61 Å². The zero-order chi connectivity index (χ0) is 16.5. The van der Waals surface area contributed by atoms with Gasteiger partial charge in [-0.25, -0.2) is 0 Å². The van der Waals surface area contributed by atoms with Gasteiger partial charge in [-0.1, -0.05) is 6.07 Å². The van der Waals surface area contributed by atoms with Gasteiger partial charge in [0.2, 0.25) is 5.96 Å². The molecule has 0 saturated heterocycles. The van der Waals surface area contributed by atoms with Crippen molar-refractivity contribution in [1.29, 1.82) is 0 Å². The third kappa shape index (κ3) is 12.6. The monoisotopic (exact) mass is 318 g/mol. The Morgan fingerprint density at radius 2 is 1.86 bits per heavy atom. The summed E-state index contributed by atoms with van der Waals surface area (Å²) in [6.45, 7) is 4.42. The molecule has 1 rings (SSSR count).